The fourth-order valence-corrected chi connectivity index (χ4v) is 2.64. The van der Waals surface area contributed by atoms with E-state index in [-0.39, 0.29) is 12.1 Å². The van der Waals surface area contributed by atoms with Crippen LogP contribution in [0, 0.1) is 13.8 Å². The predicted molar refractivity (Wildman–Crippen MR) is 84.2 cm³/mol. The van der Waals surface area contributed by atoms with E-state index < -0.39 is 0 Å². The van der Waals surface area contributed by atoms with Crippen molar-refractivity contribution in [1.29, 1.82) is 0 Å². The lowest BCUT2D eigenvalue weighted by molar-refractivity contribution is 0.412. The third-order valence-corrected chi connectivity index (χ3v) is 4.60. The smallest absolute Gasteiger partial charge is 0.118 e. The molecule has 2 atom stereocenters. The van der Waals surface area contributed by atoms with Gasteiger partial charge in [0.2, 0.25) is 0 Å². The molecule has 2 rings (SSSR count). The van der Waals surface area contributed by atoms with Crippen molar-refractivity contribution in [3.05, 3.63) is 45.7 Å². The first-order valence-electron chi connectivity index (χ1n) is 6.56. The second-order valence-corrected chi connectivity index (χ2v) is 5.80. The van der Waals surface area contributed by atoms with E-state index in [1.165, 1.54) is 0 Å². The van der Waals surface area contributed by atoms with Crippen LogP contribution in [-0.4, -0.2) is 22.9 Å². The van der Waals surface area contributed by atoms with Gasteiger partial charge < -0.3 is 10.5 Å². The molecule has 20 heavy (non-hydrogen) atoms. The van der Waals surface area contributed by atoms with Crippen molar-refractivity contribution in [2.45, 2.75) is 32.9 Å². The van der Waals surface area contributed by atoms with E-state index in [9.17, 15) is 0 Å². The molecule has 5 heteroatoms. The molecular weight excluding hydrogens is 318 g/mol. The van der Waals surface area contributed by atoms with Crippen molar-refractivity contribution in [3.8, 4) is 5.75 Å². The van der Waals surface area contributed by atoms with Crippen molar-refractivity contribution in [2.75, 3.05) is 7.11 Å². The summed E-state index contributed by atoms with van der Waals surface area (Å²) in [5, 5.41) is 4.61. The number of hydrogen-bond acceptors (Lipinski definition) is 3. The molecule has 0 bridgehead atoms. The SMILES string of the molecule is COc1ccc(C(C(C)N)n2nc(C)c(Br)c2C)cc1. The summed E-state index contributed by atoms with van der Waals surface area (Å²) in [5.74, 6) is 0.840. The monoisotopic (exact) mass is 337 g/mol. The van der Waals surface area contributed by atoms with Gasteiger partial charge in [0.25, 0.3) is 0 Å². The van der Waals surface area contributed by atoms with Gasteiger partial charge in [-0.3, -0.25) is 4.68 Å². The van der Waals surface area contributed by atoms with E-state index in [1.807, 2.05) is 49.7 Å². The second-order valence-electron chi connectivity index (χ2n) is 5.01. The van der Waals surface area contributed by atoms with Crippen LogP contribution in [0.4, 0.5) is 0 Å². The van der Waals surface area contributed by atoms with Crippen molar-refractivity contribution in [2.24, 2.45) is 5.73 Å². The molecule has 1 heterocycles. The Bertz CT molecular complexity index is 590. The molecule has 2 N–H and O–H groups in total. The van der Waals surface area contributed by atoms with Crippen LogP contribution in [0.2, 0.25) is 0 Å². The van der Waals surface area contributed by atoms with Gasteiger partial charge in [-0.05, 0) is 54.4 Å². The van der Waals surface area contributed by atoms with Gasteiger partial charge in [0, 0.05) is 6.04 Å². The lowest BCUT2D eigenvalue weighted by Gasteiger charge is -2.23. The van der Waals surface area contributed by atoms with Crippen molar-refractivity contribution >= 4 is 15.9 Å². The first-order valence-corrected chi connectivity index (χ1v) is 7.35. The molecule has 108 valence electrons. The molecule has 2 aromatic rings. The Morgan fingerprint density at radius 2 is 1.85 bits per heavy atom. The number of aryl methyl sites for hydroxylation is 1. The first-order chi connectivity index (χ1) is 9.45. The number of ether oxygens (including phenoxy) is 1. The van der Waals surface area contributed by atoms with E-state index in [0.717, 1.165) is 27.2 Å². The molecule has 0 spiro atoms. The molecular formula is C15H20BrN3O. The van der Waals surface area contributed by atoms with Gasteiger partial charge in [-0.2, -0.15) is 5.10 Å². The van der Waals surface area contributed by atoms with Crippen LogP contribution < -0.4 is 10.5 Å². The fourth-order valence-electron chi connectivity index (χ4n) is 2.38. The molecule has 0 fully saturated rings. The zero-order valence-electron chi connectivity index (χ0n) is 12.2. The summed E-state index contributed by atoms with van der Waals surface area (Å²) in [6.07, 6.45) is 0. The van der Waals surface area contributed by atoms with Crippen LogP contribution in [0.15, 0.2) is 28.7 Å². The summed E-state index contributed by atoms with van der Waals surface area (Å²) in [4.78, 5) is 0. The summed E-state index contributed by atoms with van der Waals surface area (Å²) in [7, 11) is 1.66. The number of aromatic nitrogens is 2. The zero-order valence-corrected chi connectivity index (χ0v) is 13.8. The normalized spacial score (nSPS) is 14.1. The van der Waals surface area contributed by atoms with Crippen LogP contribution >= 0.6 is 15.9 Å². The maximum atomic E-state index is 6.19. The highest BCUT2D eigenvalue weighted by Gasteiger charge is 2.23. The summed E-state index contributed by atoms with van der Waals surface area (Å²) in [6.45, 7) is 6.03. The third-order valence-electron chi connectivity index (χ3n) is 3.46. The molecule has 1 aromatic heterocycles. The van der Waals surface area contributed by atoms with Gasteiger partial charge in [-0.1, -0.05) is 12.1 Å². The number of rotatable bonds is 4. The van der Waals surface area contributed by atoms with Gasteiger partial charge in [0.15, 0.2) is 0 Å². The Hall–Kier alpha value is -1.33. The molecule has 1 aromatic carbocycles. The van der Waals surface area contributed by atoms with Crippen molar-refractivity contribution in [1.82, 2.24) is 9.78 Å². The van der Waals surface area contributed by atoms with Gasteiger partial charge in [-0.15, -0.1) is 0 Å². The summed E-state index contributed by atoms with van der Waals surface area (Å²) < 4.78 is 8.23. The minimum atomic E-state index is -0.0479. The summed E-state index contributed by atoms with van der Waals surface area (Å²) in [5.41, 5.74) is 9.37. The quantitative estimate of drug-likeness (QED) is 0.931. The molecule has 0 radical (unpaired) electrons. The highest BCUT2D eigenvalue weighted by Crippen LogP contribution is 2.28. The van der Waals surface area contributed by atoms with E-state index in [1.54, 1.807) is 7.11 Å². The molecule has 0 aliphatic carbocycles. The Labute approximate surface area is 128 Å². The number of hydrogen-bond donors (Lipinski definition) is 1. The fraction of sp³-hybridized carbons (Fsp3) is 0.400. The lowest BCUT2D eigenvalue weighted by atomic mass is 10.0. The largest absolute Gasteiger partial charge is 0.497 e. The molecule has 0 saturated carbocycles. The van der Waals surface area contributed by atoms with Crippen molar-refractivity contribution < 1.29 is 4.74 Å². The van der Waals surface area contributed by atoms with Gasteiger partial charge in [-0.25, -0.2) is 0 Å². The second kappa shape index (κ2) is 5.97. The molecule has 0 saturated heterocycles. The van der Waals surface area contributed by atoms with E-state index in [4.69, 9.17) is 10.5 Å². The van der Waals surface area contributed by atoms with Crippen LogP contribution in [0.25, 0.3) is 0 Å². The van der Waals surface area contributed by atoms with E-state index in [2.05, 4.69) is 21.0 Å². The number of nitrogens with zero attached hydrogens (tertiary/aromatic N) is 2. The number of nitrogens with two attached hydrogens (primary N) is 1. The van der Waals surface area contributed by atoms with Gasteiger partial charge in [0.05, 0.1) is 29.0 Å². The third kappa shape index (κ3) is 2.74. The summed E-state index contributed by atoms with van der Waals surface area (Å²) in [6, 6.07) is 7.94. The first kappa shape index (κ1) is 15.1. The average molecular weight is 338 g/mol. The van der Waals surface area contributed by atoms with Gasteiger partial charge >= 0.3 is 0 Å². The molecule has 0 aliphatic rings. The lowest BCUT2D eigenvalue weighted by Crippen LogP contribution is -2.31. The van der Waals surface area contributed by atoms with E-state index >= 15 is 0 Å². The molecule has 0 amide bonds. The number of benzene rings is 1. The average Bonchev–Trinajstić information content (AvgIpc) is 2.67. The van der Waals surface area contributed by atoms with Crippen molar-refractivity contribution in [3.63, 3.8) is 0 Å². The zero-order chi connectivity index (χ0) is 14.9. The Kier molecular flexibility index (Phi) is 4.50. The van der Waals surface area contributed by atoms with E-state index in [0.29, 0.717) is 0 Å². The van der Waals surface area contributed by atoms with Crippen LogP contribution in [-0.2, 0) is 0 Å². The Morgan fingerprint density at radius 3 is 2.25 bits per heavy atom. The van der Waals surface area contributed by atoms with Crippen LogP contribution in [0.3, 0.4) is 0 Å². The van der Waals surface area contributed by atoms with Gasteiger partial charge in [0.1, 0.15) is 5.75 Å². The topological polar surface area (TPSA) is 53.1 Å². The standard InChI is InChI=1S/C15H20BrN3O/c1-9(17)15(12-5-7-13(20-4)8-6-12)19-11(3)14(16)10(2)18-19/h5-9,15H,17H2,1-4H3. The molecule has 0 aliphatic heterocycles. The summed E-state index contributed by atoms with van der Waals surface area (Å²) >= 11 is 3.57. The highest BCUT2D eigenvalue weighted by atomic mass is 79.9. The maximum Gasteiger partial charge on any atom is 0.118 e. The van der Waals surface area contributed by atoms with Crippen LogP contribution in [0.1, 0.15) is 29.9 Å². The minimum absolute atomic E-state index is 0.00547. The Balaban J connectivity index is 2.47. The molecule has 4 nitrogen and oxygen atoms in total. The number of halogens is 1. The predicted octanol–water partition coefficient (Wildman–Crippen LogP) is 3.21. The Morgan fingerprint density at radius 1 is 1.25 bits per heavy atom. The number of methoxy groups -OCH3 is 1. The molecule has 2 unspecified atom stereocenters. The highest BCUT2D eigenvalue weighted by molar-refractivity contribution is 9.10. The van der Waals surface area contributed by atoms with Crippen LogP contribution in [0.5, 0.6) is 5.75 Å². The minimum Gasteiger partial charge on any atom is -0.497 e. The maximum absolute atomic E-state index is 6.19.